The van der Waals surface area contributed by atoms with Gasteiger partial charge in [0, 0.05) is 29.2 Å². The van der Waals surface area contributed by atoms with E-state index >= 15 is 0 Å². The molecule has 0 aliphatic carbocycles. The van der Waals surface area contributed by atoms with E-state index in [2.05, 4.69) is 11.8 Å². The number of fused-ring (bicyclic) bond motifs is 3. The average molecular weight is 374 g/mol. The third kappa shape index (κ3) is 3.16. The number of rotatable bonds is 4. The van der Waals surface area contributed by atoms with E-state index in [1.54, 1.807) is 12.1 Å². The number of thioether (sulfide) groups is 1. The lowest BCUT2D eigenvalue weighted by molar-refractivity contribution is -0.153. The van der Waals surface area contributed by atoms with Gasteiger partial charge in [0.2, 0.25) is 0 Å². The summed E-state index contributed by atoms with van der Waals surface area (Å²) in [5, 5.41) is 10.5. The minimum Gasteiger partial charge on any atom is -0.508 e. The van der Waals surface area contributed by atoms with Gasteiger partial charge >= 0.3 is 5.97 Å². The highest BCUT2D eigenvalue weighted by atomic mass is 32.2. The number of carbonyl (C=O) groups is 1. The maximum absolute atomic E-state index is 12.1. The highest BCUT2D eigenvalue weighted by molar-refractivity contribution is 7.99. The van der Waals surface area contributed by atoms with Crippen LogP contribution in [-0.4, -0.2) is 46.0 Å². The van der Waals surface area contributed by atoms with Crippen LogP contribution in [0.25, 0.3) is 0 Å². The fraction of sp³-hybridized carbons (Fsp3) is 0.571. The molecule has 0 amide bonds. The molecule has 1 aromatic carbocycles. The fourth-order valence-electron chi connectivity index (χ4n) is 4.85. The zero-order chi connectivity index (χ0) is 18.1. The molecule has 26 heavy (non-hydrogen) atoms. The van der Waals surface area contributed by atoms with Crippen LogP contribution < -0.4 is 0 Å². The van der Waals surface area contributed by atoms with Crippen LogP contribution in [-0.2, 0) is 15.3 Å². The molecule has 0 spiro atoms. The van der Waals surface area contributed by atoms with E-state index < -0.39 is 5.60 Å². The summed E-state index contributed by atoms with van der Waals surface area (Å²) in [6, 6.07) is 7.88. The molecule has 1 unspecified atom stereocenters. The monoisotopic (exact) mass is 373 g/mol. The minimum atomic E-state index is -0.415. The van der Waals surface area contributed by atoms with Crippen molar-refractivity contribution in [1.29, 1.82) is 0 Å². The Balaban J connectivity index is 1.57. The van der Waals surface area contributed by atoms with Crippen LogP contribution in [0.15, 0.2) is 35.9 Å². The molecule has 0 radical (unpaired) electrons. The van der Waals surface area contributed by atoms with E-state index in [1.165, 1.54) is 18.4 Å². The number of piperidine rings is 1. The van der Waals surface area contributed by atoms with Crippen LogP contribution >= 0.6 is 11.8 Å². The lowest BCUT2D eigenvalue weighted by Gasteiger charge is -2.44. The molecule has 1 N–H and O–H groups in total. The molecule has 0 saturated carbocycles. The molecule has 3 aliphatic rings. The standard InChI is InChI=1S/C21H27NO3S/c1-2-21-16(12-20(24)25-21)11-17(13-22-10-6-5-9-19(21)22)26-14-15-7-3-4-8-18(15)23/h3-4,7-8,12,17,19,23H,2,5-6,9-11,13-14H2,1H3/t17?,19-,21+/m1/s1. The van der Waals surface area contributed by atoms with Crippen molar-refractivity contribution in [2.75, 3.05) is 13.1 Å². The van der Waals surface area contributed by atoms with Gasteiger partial charge in [-0.1, -0.05) is 31.5 Å². The van der Waals surface area contributed by atoms with Crippen LogP contribution in [0.4, 0.5) is 0 Å². The van der Waals surface area contributed by atoms with Gasteiger partial charge in [-0.3, -0.25) is 4.90 Å². The van der Waals surface area contributed by atoms with Crippen molar-refractivity contribution in [2.45, 2.75) is 61.7 Å². The number of phenolic OH excluding ortho intramolecular Hbond substituents is 1. The average Bonchev–Trinajstić information content (AvgIpc) is 2.91. The van der Waals surface area contributed by atoms with Gasteiger partial charge < -0.3 is 9.84 Å². The second-order valence-electron chi connectivity index (χ2n) is 7.61. The predicted octanol–water partition coefficient (Wildman–Crippen LogP) is 3.88. The maximum atomic E-state index is 12.1. The highest BCUT2D eigenvalue weighted by Gasteiger charge is 2.53. The first-order valence-electron chi connectivity index (χ1n) is 9.69. The topological polar surface area (TPSA) is 49.8 Å². The third-order valence-electron chi connectivity index (χ3n) is 6.15. The van der Waals surface area contributed by atoms with Crippen molar-refractivity contribution >= 4 is 17.7 Å². The molecule has 2 fully saturated rings. The van der Waals surface area contributed by atoms with Crippen LogP contribution in [0, 0.1) is 0 Å². The first-order valence-corrected chi connectivity index (χ1v) is 10.7. The number of ether oxygens (including phenoxy) is 1. The van der Waals surface area contributed by atoms with Gasteiger partial charge in [0.25, 0.3) is 0 Å². The van der Waals surface area contributed by atoms with E-state index in [4.69, 9.17) is 4.74 Å². The number of hydrogen-bond donors (Lipinski definition) is 1. The minimum absolute atomic E-state index is 0.168. The molecule has 5 heteroatoms. The molecule has 2 saturated heterocycles. The van der Waals surface area contributed by atoms with Crippen molar-refractivity contribution in [1.82, 2.24) is 4.90 Å². The van der Waals surface area contributed by atoms with Crippen LogP contribution in [0.3, 0.4) is 0 Å². The normalized spacial score (nSPS) is 31.6. The molecular weight excluding hydrogens is 346 g/mol. The first kappa shape index (κ1) is 17.9. The van der Waals surface area contributed by atoms with Gasteiger partial charge in [0.05, 0.1) is 6.04 Å². The zero-order valence-electron chi connectivity index (χ0n) is 15.3. The number of para-hydroxylation sites is 1. The molecular formula is C21H27NO3S. The Morgan fingerprint density at radius 2 is 2.19 bits per heavy atom. The Morgan fingerprint density at radius 3 is 3.00 bits per heavy atom. The Kier molecular flexibility index (Phi) is 5.02. The summed E-state index contributed by atoms with van der Waals surface area (Å²) in [7, 11) is 0. The molecule has 140 valence electrons. The summed E-state index contributed by atoms with van der Waals surface area (Å²) in [6.45, 7) is 4.26. The molecule has 3 heterocycles. The molecule has 1 aromatic rings. The second-order valence-corrected chi connectivity index (χ2v) is 8.89. The maximum Gasteiger partial charge on any atom is 0.331 e. The molecule has 4 nitrogen and oxygen atoms in total. The number of carbonyl (C=O) groups excluding carboxylic acids is 1. The molecule has 3 atom stereocenters. The largest absolute Gasteiger partial charge is 0.508 e. The molecule has 0 aromatic heterocycles. The summed E-state index contributed by atoms with van der Waals surface area (Å²) in [4.78, 5) is 14.7. The highest BCUT2D eigenvalue weighted by Crippen LogP contribution is 2.46. The van der Waals surface area contributed by atoms with Crippen LogP contribution in [0.1, 0.15) is 44.6 Å². The van der Waals surface area contributed by atoms with Crippen molar-refractivity contribution in [3.05, 3.63) is 41.5 Å². The van der Waals surface area contributed by atoms with Crippen molar-refractivity contribution < 1.29 is 14.6 Å². The Labute approximate surface area is 159 Å². The summed E-state index contributed by atoms with van der Waals surface area (Å²) in [6.07, 6.45) is 7.04. The van der Waals surface area contributed by atoms with Crippen molar-refractivity contribution in [3.63, 3.8) is 0 Å². The number of esters is 1. The van der Waals surface area contributed by atoms with E-state index in [1.807, 2.05) is 30.0 Å². The first-order chi connectivity index (χ1) is 12.6. The smallest absolute Gasteiger partial charge is 0.331 e. The third-order valence-corrected chi connectivity index (χ3v) is 7.41. The summed E-state index contributed by atoms with van der Waals surface area (Å²) >= 11 is 1.88. The number of benzene rings is 1. The van der Waals surface area contributed by atoms with E-state index in [0.29, 0.717) is 17.0 Å². The Morgan fingerprint density at radius 1 is 1.35 bits per heavy atom. The lowest BCUT2D eigenvalue weighted by atomic mass is 9.79. The van der Waals surface area contributed by atoms with E-state index in [9.17, 15) is 9.90 Å². The molecule has 4 rings (SSSR count). The summed E-state index contributed by atoms with van der Waals surface area (Å²) in [5.41, 5.74) is 1.75. The van der Waals surface area contributed by atoms with Crippen LogP contribution in [0.5, 0.6) is 5.75 Å². The summed E-state index contributed by atoms with van der Waals surface area (Å²) < 4.78 is 5.96. The van der Waals surface area contributed by atoms with Gasteiger partial charge in [-0.15, -0.1) is 0 Å². The quantitative estimate of drug-likeness (QED) is 0.812. The lowest BCUT2D eigenvalue weighted by Crippen LogP contribution is -2.55. The van der Waals surface area contributed by atoms with Crippen LogP contribution in [0.2, 0.25) is 0 Å². The second kappa shape index (κ2) is 7.28. The zero-order valence-corrected chi connectivity index (χ0v) is 16.1. The van der Waals surface area contributed by atoms with Crippen molar-refractivity contribution in [3.8, 4) is 5.75 Å². The number of hydrogen-bond acceptors (Lipinski definition) is 5. The van der Waals surface area contributed by atoms with Gasteiger partial charge in [0.1, 0.15) is 11.4 Å². The molecule has 3 aliphatic heterocycles. The number of aromatic hydroxyl groups is 1. The SMILES string of the molecule is CC[C@]12OC(=O)C=C1CC(SCc1ccccc1O)CN1CCCC[C@@H]12. The Bertz CT molecular complexity index is 719. The number of nitrogens with zero attached hydrogens (tertiary/aromatic N) is 1. The Hall–Kier alpha value is -1.46. The fourth-order valence-corrected chi connectivity index (χ4v) is 6.10. The van der Waals surface area contributed by atoms with E-state index in [0.717, 1.165) is 43.7 Å². The predicted molar refractivity (Wildman–Crippen MR) is 104 cm³/mol. The summed E-state index contributed by atoms with van der Waals surface area (Å²) in [5.74, 6) is 0.988. The van der Waals surface area contributed by atoms with E-state index in [-0.39, 0.29) is 5.97 Å². The van der Waals surface area contributed by atoms with Gasteiger partial charge in [0.15, 0.2) is 0 Å². The van der Waals surface area contributed by atoms with Crippen molar-refractivity contribution in [2.24, 2.45) is 0 Å². The van der Waals surface area contributed by atoms with Gasteiger partial charge in [-0.25, -0.2) is 4.79 Å². The molecule has 0 bridgehead atoms. The number of phenols is 1. The van der Waals surface area contributed by atoms with Gasteiger partial charge in [-0.05, 0) is 43.9 Å². The van der Waals surface area contributed by atoms with Gasteiger partial charge in [-0.2, -0.15) is 11.8 Å².